The number of nitrogens with two attached hydrogens (primary N) is 1. The number of fused-ring (bicyclic) bond motifs is 2. The van der Waals surface area contributed by atoms with Crippen molar-refractivity contribution in [2.45, 2.75) is 6.92 Å². The Balaban J connectivity index is 1.79. The fraction of sp³-hybridized carbons (Fsp3) is 0.0625. The molecule has 4 aromatic heterocycles. The van der Waals surface area contributed by atoms with Crippen molar-refractivity contribution in [3.05, 3.63) is 41.5 Å². The highest BCUT2D eigenvalue weighted by atomic mass is 32.1. The third-order valence-corrected chi connectivity index (χ3v) is 5.16. The van der Waals surface area contributed by atoms with Crippen LogP contribution in [-0.2, 0) is 0 Å². The molecular formula is C16H12N8S. The Morgan fingerprint density at radius 1 is 1.16 bits per heavy atom. The van der Waals surface area contributed by atoms with E-state index in [1.54, 1.807) is 28.2 Å². The van der Waals surface area contributed by atoms with E-state index in [9.17, 15) is 0 Å². The van der Waals surface area contributed by atoms with Crippen molar-refractivity contribution in [1.29, 1.82) is 0 Å². The van der Waals surface area contributed by atoms with Gasteiger partial charge in [0, 0.05) is 21.8 Å². The largest absolute Gasteiger partial charge is 0.383 e. The molecule has 5 rings (SSSR count). The Bertz CT molecular complexity index is 1220. The molecule has 0 spiro atoms. The first-order valence-corrected chi connectivity index (χ1v) is 8.45. The number of aromatic nitrogens is 7. The zero-order chi connectivity index (χ0) is 17.0. The molecule has 0 saturated carbocycles. The van der Waals surface area contributed by atoms with Crippen LogP contribution < -0.4 is 5.73 Å². The second kappa shape index (κ2) is 5.08. The summed E-state index contributed by atoms with van der Waals surface area (Å²) in [7, 11) is 0. The van der Waals surface area contributed by atoms with E-state index in [0.717, 1.165) is 16.7 Å². The van der Waals surface area contributed by atoms with E-state index in [1.807, 2.05) is 0 Å². The topological polar surface area (TPSA) is 111 Å². The van der Waals surface area contributed by atoms with Crippen LogP contribution in [0.1, 0.15) is 5.56 Å². The number of nitrogens with zero attached hydrogens (tertiary/aromatic N) is 6. The molecule has 0 saturated heterocycles. The molecule has 3 N–H and O–H groups in total. The number of nitrogen functional groups attached to an aromatic ring is 1. The Hall–Kier alpha value is -3.33. The van der Waals surface area contributed by atoms with Crippen LogP contribution in [0.2, 0.25) is 0 Å². The summed E-state index contributed by atoms with van der Waals surface area (Å²) in [5.74, 6) is 1.04. The predicted molar refractivity (Wildman–Crippen MR) is 96.1 cm³/mol. The van der Waals surface area contributed by atoms with Crippen LogP contribution in [0.15, 0.2) is 36.0 Å². The summed E-state index contributed by atoms with van der Waals surface area (Å²) in [6.07, 6.45) is 3.45. The highest BCUT2D eigenvalue weighted by molar-refractivity contribution is 7.17. The van der Waals surface area contributed by atoms with Crippen molar-refractivity contribution in [1.82, 2.24) is 35.2 Å². The van der Waals surface area contributed by atoms with E-state index < -0.39 is 0 Å². The van der Waals surface area contributed by atoms with Gasteiger partial charge in [-0.05, 0) is 46.0 Å². The van der Waals surface area contributed by atoms with Crippen LogP contribution in [0.4, 0.5) is 5.82 Å². The number of thiophene rings is 1. The lowest BCUT2D eigenvalue weighted by molar-refractivity contribution is 0.881. The van der Waals surface area contributed by atoms with Gasteiger partial charge < -0.3 is 5.73 Å². The molecule has 0 unspecified atom stereocenters. The van der Waals surface area contributed by atoms with E-state index >= 15 is 0 Å². The zero-order valence-corrected chi connectivity index (χ0v) is 13.9. The van der Waals surface area contributed by atoms with Crippen LogP contribution in [0.3, 0.4) is 0 Å². The van der Waals surface area contributed by atoms with Crippen LogP contribution in [-0.4, -0.2) is 35.2 Å². The van der Waals surface area contributed by atoms with Crippen LogP contribution in [0.25, 0.3) is 38.2 Å². The highest BCUT2D eigenvalue weighted by Crippen LogP contribution is 2.37. The van der Waals surface area contributed by atoms with Crippen LogP contribution >= 0.6 is 11.3 Å². The Kier molecular flexibility index (Phi) is 2.86. The van der Waals surface area contributed by atoms with Gasteiger partial charge in [-0.1, -0.05) is 6.07 Å². The zero-order valence-electron chi connectivity index (χ0n) is 13.1. The lowest BCUT2D eigenvalue weighted by atomic mass is 9.98. The molecule has 0 fully saturated rings. The number of anilines is 1. The van der Waals surface area contributed by atoms with Crippen LogP contribution in [0, 0.1) is 6.92 Å². The minimum atomic E-state index is 0.505. The molecule has 0 aliphatic carbocycles. The standard InChI is InChI=1S/C16H12N8S/c1-8-2-3-12-9(4-5-25-12)13(8)10-6-18-16-11(15-20-22-23-21-15)7-19-24(16)14(10)17/h2-7H,17H2,1H3,(H,20,21,22,23). The third kappa shape index (κ3) is 1.96. The molecule has 0 aliphatic rings. The lowest BCUT2D eigenvalue weighted by Gasteiger charge is -2.11. The van der Waals surface area contributed by atoms with Gasteiger partial charge in [-0.25, -0.2) is 10.1 Å². The first-order valence-electron chi connectivity index (χ1n) is 7.57. The average Bonchev–Trinajstić information content (AvgIpc) is 3.35. The Labute approximate surface area is 145 Å². The maximum atomic E-state index is 6.45. The average molecular weight is 348 g/mol. The lowest BCUT2D eigenvalue weighted by Crippen LogP contribution is -2.03. The van der Waals surface area contributed by atoms with Crippen molar-refractivity contribution in [2.24, 2.45) is 0 Å². The summed E-state index contributed by atoms with van der Waals surface area (Å²) < 4.78 is 2.84. The van der Waals surface area contributed by atoms with Gasteiger partial charge in [0.1, 0.15) is 5.82 Å². The van der Waals surface area contributed by atoms with E-state index in [-0.39, 0.29) is 0 Å². The smallest absolute Gasteiger partial charge is 0.184 e. The highest BCUT2D eigenvalue weighted by Gasteiger charge is 2.18. The van der Waals surface area contributed by atoms with Gasteiger partial charge in [0.05, 0.1) is 11.8 Å². The first-order chi connectivity index (χ1) is 12.2. The molecular weight excluding hydrogens is 336 g/mol. The number of hydrogen-bond donors (Lipinski definition) is 2. The number of benzene rings is 1. The quantitative estimate of drug-likeness (QED) is 0.507. The second-order valence-corrected chi connectivity index (χ2v) is 6.64. The van der Waals surface area contributed by atoms with Gasteiger partial charge in [-0.15, -0.1) is 16.4 Å². The van der Waals surface area contributed by atoms with E-state index in [1.165, 1.54) is 10.1 Å². The molecule has 122 valence electrons. The van der Waals surface area contributed by atoms with Gasteiger partial charge >= 0.3 is 0 Å². The summed E-state index contributed by atoms with van der Waals surface area (Å²) in [6, 6.07) is 6.34. The Morgan fingerprint density at radius 2 is 2.08 bits per heavy atom. The van der Waals surface area contributed by atoms with Crippen molar-refractivity contribution in [2.75, 3.05) is 5.73 Å². The van der Waals surface area contributed by atoms with Gasteiger partial charge in [-0.2, -0.15) is 9.61 Å². The summed E-state index contributed by atoms with van der Waals surface area (Å²) in [4.78, 5) is 4.57. The molecule has 25 heavy (non-hydrogen) atoms. The number of rotatable bonds is 2. The monoisotopic (exact) mass is 348 g/mol. The molecule has 0 atom stereocenters. The number of aryl methyl sites for hydroxylation is 1. The minimum Gasteiger partial charge on any atom is -0.383 e. The number of tetrazole rings is 1. The molecule has 9 heteroatoms. The molecule has 0 amide bonds. The van der Waals surface area contributed by atoms with Gasteiger partial charge in [0.25, 0.3) is 0 Å². The maximum absolute atomic E-state index is 6.45. The summed E-state index contributed by atoms with van der Waals surface area (Å²) in [6.45, 7) is 2.07. The Morgan fingerprint density at radius 3 is 2.92 bits per heavy atom. The SMILES string of the molecule is Cc1ccc2sccc2c1-c1cnc2c(-c3nnn[nH]3)cnn2c1N. The molecule has 0 aliphatic heterocycles. The normalized spacial score (nSPS) is 11.6. The molecule has 8 nitrogen and oxygen atoms in total. The van der Waals surface area contributed by atoms with E-state index in [0.29, 0.717) is 22.9 Å². The van der Waals surface area contributed by atoms with E-state index in [2.05, 4.69) is 61.2 Å². The molecule has 1 aromatic carbocycles. The maximum Gasteiger partial charge on any atom is 0.184 e. The predicted octanol–water partition coefficient (Wildman–Crippen LogP) is 2.68. The number of hydrogen-bond acceptors (Lipinski definition) is 7. The van der Waals surface area contributed by atoms with Crippen LogP contribution in [0.5, 0.6) is 0 Å². The minimum absolute atomic E-state index is 0.505. The molecule has 4 heterocycles. The number of nitrogens with one attached hydrogen (secondary N) is 1. The van der Waals surface area contributed by atoms with Gasteiger partial charge in [0.2, 0.25) is 0 Å². The second-order valence-electron chi connectivity index (χ2n) is 5.69. The summed E-state index contributed by atoms with van der Waals surface area (Å²) in [5.41, 5.74) is 10.8. The number of aromatic amines is 1. The third-order valence-electron chi connectivity index (χ3n) is 4.28. The molecule has 5 aromatic rings. The van der Waals surface area contributed by atoms with Gasteiger partial charge in [-0.3, -0.25) is 0 Å². The molecule has 0 radical (unpaired) electrons. The first kappa shape index (κ1) is 14.1. The van der Waals surface area contributed by atoms with Crippen molar-refractivity contribution in [3.8, 4) is 22.5 Å². The van der Waals surface area contributed by atoms with Gasteiger partial charge in [0.15, 0.2) is 11.5 Å². The van der Waals surface area contributed by atoms with Crippen molar-refractivity contribution >= 4 is 32.9 Å². The van der Waals surface area contributed by atoms with E-state index in [4.69, 9.17) is 5.73 Å². The summed E-state index contributed by atoms with van der Waals surface area (Å²) in [5, 5.41) is 21.5. The van der Waals surface area contributed by atoms with Crippen molar-refractivity contribution < 1.29 is 0 Å². The van der Waals surface area contributed by atoms with Crippen molar-refractivity contribution in [3.63, 3.8) is 0 Å². The fourth-order valence-corrected chi connectivity index (χ4v) is 3.89. The number of H-pyrrole nitrogens is 1. The summed E-state index contributed by atoms with van der Waals surface area (Å²) >= 11 is 1.71. The molecule has 0 bridgehead atoms. The fourth-order valence-electron chi connectivity index (χ4n) is 3.09.